The number of hydrogen-bond donors (Lipinski definition) is 2. The molecule has 0 aliphatic carbocycles. The van der Waals surface area contributed by atoms with Gasteiger partial charge in [-0.2, -0.15) is 0 Å². The van der Waals surface area contributed by atoms with Gasteiger partial charge in [-0.15, -0.1) is 0 Å². The van der Waals surface area contributed by atoms with E-state index in [0.29, 0.717) is 29.0 Å². The Bertz CT molecular complexity index is 1160. The van der Waals surface area contributed by atoms with Crippen LogP contribution >= 0.6 is 0 Å². The molecule has 0 aliphatic rings. The number of amides is 2. The van der Waals surface area contributed by atoms with Gasteiger partial charge in [0.25, 0.3) is 11.5 Å². The third-order valence-corrected chi connectivity index (χ3v) is 4.78. The smallest absolute Gasteiger partial charge is 0.279 e. The van der Waals surface area contributed by atoms with E-state index in [4.69, 9.17) is 9.47 Å². The van der Waals surface area contributed by atoms with E-state index in [1.165, 1.54) is 10.9 Å². The number of aryl methyl sites for hydroxylation is 2. The van der Waals surface area contributed by atoms with Gasteiger partial charge >= 0.3 is 0 Å². The van der Waals surface area contributed by atoms with Gasteiger partial charge in [-0.1, -0.05) is 12.1 Å². The number of benzene rings is 2. The zero-order valence-corrected chi connectivity index (χ0v) is 18.3. The number of rotatable bonds is 8. The fraction of sp³-hybridized carbons (Fsp3) is 0.304. The van der Waals surface area contributed by atoms with Crippen LogP contribution in [0.1, 0.15) is 25.8 Å². The molecule has 2 aromatic carbocycles. The number of fused-ring (bicyclic) bond motifs is 1. The van der Waals surface area contributed by atoms with Gasteiger partial charge in [0.15, 0.2) is 6.10 Å². The van der Waals surface area contributed by atoms with Gasteiger partial charge in [0.1, 0.15) is 11.5 Å². The molecule has 0 fully saturated rings. The summed E-state index contributed by atoms with van der Waals surface area (Å²) in [5, 5.41) is 0.501. The van der Waals surface area contributed by atoms with E-state index < -0.39 is 17.9 Å². The lowest BCUT2D eigenvalue weighted by molar-refractivity contribution is -0.132. The average molecular weight is 438 g/mol. The second kappa shape index (κ2) is 10.4. The summed E-state index contributed by atoms with van der Waals surface area (Å²) in [5.74, 6) is 0.260. The van der Waals surface area contributed by atoms with E-state index in [-0.39, 0.29) is 18.5 Å². The molecular weight excluding hydrogens is 412 g/mol. The third kappa shape index (κ3) is 5.63. The van der Waals surface area contributed by atoms with Gasteiger partial charge < -0.3 is 9.47 Å². The maximum atomic E-state index is 12.6. The van der Waals surface area contributed by atoms with Crippen LogP contribution in [-0.4, -0.2) is 34.1 Å². The van der Waals surface area contributed by atoms with Gasteiger partial charge in [-0.25, -0.2) is 4.98 Å². The lowest BCUT2D eigenvalue weighted by Gasteiger charge is -2.15. The van der Waals surface area contributed by atoms with Gasteiger partial charge in [-0.3, -0.25) is 29.8 Å². The summed E-state index contributed by atoms with van der Waals surface area (Å²) < 4.78 is 12.3. The van der Waals surface area contributed by atoms with Crippen molar-refractivity contribution in [3.63, 3.8) is 0 Å². The van der Waals surface area contributed by atoms with Crippen LogP contribution < -0.4 is 25.9 Å². The topological polar surface area (TPSA) is 112 Å². The third-order valence-electron chi connectivity index (χ3n) is 4.78. The summed E-state index contributed by atoms with van der Waals surface area (Å²) in [6.45, 7) is 6.04. The Balaban J connectivity index is 1.48. The molecular formula is C23H26N4O5. The number of carbonyl (C=O) groups is 2. The van der Waals surface area contributed by atoms with Crippen LogP contribution in [0.5, 0.6) is 11.5 Å². The Morgan fingerprint density at radius 2 is 1.81 bits per heavy atom. The fourth-order valence-electron chi connectivity index (χ4n) is 3.05. The highest BCUT2D eigenvalue weighted by Gasteiger charge is 2.16. The van der Waals surface area contributed by atoms with Crippen molar-refractivity contribution in [1.29, 1.82) is 0 Å². The Morgan fingerprint density at radius 1 is 1.09 bits per heavy atom. The van der Waals surface area contributed by atoms with Crippen LogP contribution in [0.15, 0.2) is 53.6 Å². The molecule has 0 saturated heterocycles. The van der Waals surface area contributed by atoms with Crippen LogP contribution in [-0.2, 0) is 16.1 Å². The SMILES string of the molecule is CCOc1ccc(OC(C)C(=O)NNC(=O)CCn2cnc3c(C)cccc3c2=O)cc1. The molecule has 3 aromatic rings. The number of ether oxygens (including phenoxy) is 2. The van der Waals surface area contributed by atoms with Crippen LogP contribution in [0.2, 0.25) is 0 Å². The molecule has 1 heterocycles. The Hall–Kier alpha value is -3.88. The number of nitrogens with one attached hydrogen (secondary N) is 2. The molecule has 1 atom stereocenters. The number of hydrogen-bond acceptors (Lipinski definition) is 6. The molecule has 9 nitrogen and oxygen atoms in total. The summed E-state index contributed by atoms with van der Waals surface area (Å²) >= 11 is 0. The monoisotopic (exact) mass is 438 g/mol. The number of aromatic nitrogens is 2. The van der Waals surface area contributed by atoms with Crippen LogP contribution in [0, 0.1) is 6.92 Å². The first-order valence-electron chi connectivity index (χ1n) is 10.3. The predicted molar refractivity (Wildman–Crippen MR) is 119 cm³/mol. The zero-order chi connectivity index (χ0) is 23.1. The summed E-state index contributed by atoms with van der Waals surface area (Å²) in [6, 6.07) is 12.3. The fourth-order valence-corrected chi connectivity index (χ4v) is 3.05. The molecule has 0 saturated carbocycles. The van der Waals surface area contributed by atoms with Gasteiger partial charge in [0, 0.05) is 13.0 Å². The maximum Gasteiger partial charge on any atom is 0.279 e. The quantitative estimate of drug-likeness (QED) is 0.521. The molecule has 2 N–H and O–H groups in total. The van der Waals surface area contributed by atoms with E-state index in [1.54, 1.807) is 43.3 Å². The minimum Gasteiger partial charge on any atom is -0.494 e. The minimum absolute atomic E-state index is 0.00663. The Labute approximate surface area is 185 Å². The molecule has 32 heavy (non-hydrogen) atoms. The van der Waals surface area contributed by atoms with Crippen LogP contribution in [0.4, 0.5) is 0 Å². The molecule has 0 radical (unpaired) electrons. The van der Waals surface area contributed by atoms with Crippen LogP contribution in [0.25, 0.3) is 10.9 Å². The molecule has 168 valence electrons. The first kappa shape index (κ1) is 22.8. The zero-order valence-electron chi connectivity index (χ0n) is 18.3. The highest BCUT2D eigenvalue weighted by atomic mass is 16.5. The van der Waals surface area contributed by atoms with Crippen molar-refractivity contribution in [3.8, 4) is 11.5 Å². The molecule has 1 unspecified atom stereocenters. The van der Waals surface area contributed by atoms with Crippen molar-refractivity contribution in [2.24, 2.45) is 0 Å². The predicted octanol–water partition coefficient (Wildman–Crippen LogP) is 2.11. The number of para-hydroxylation sites is 1. The largest absolute Gasteiger partial charge is 0.494 e. The maximum absolute atomic E-state index is 12.6. The molecule has 0 aliphatic heterocycles. The first-order valence-corrected chi connectivity index (χ1v) is 10.3. The summed E-state index contributed by atoms with van der Waals surface area (Å²) in [6.07, 6.45) is 0.590. The molecule has 2 amide bonds. The van der Waals surface area contributed by atoms with E-state index in [2.05, 4.69) is 15.8 Å². The lowest BCUT2D eigenvalue weighted by atomic mass is 10.1. The highest BCUT2D eigenvalue weighted by Crippen LogP contribution is 2.18. The van der Waals surface area contributed by atoms with Crippen molar-refractivity contribution < 1.29 is 19.1 Å². The molecule has 3 rings (SSSR count). The van der Waals surface area contributed by atoms with Crippen molar-refractivity contribution >= 4 is 22.7 Å². The Morgan fingerprint density at radius 3 is 2.53 bits per heavy atom. The Kier molecular flexibility index (Phi) is 7.43. The van der Waals surface area contributed by atoms with Crippen molar-refractivity contribution in [2.45, 2.75) is 39.8 Å². The molecule has 1 aromatic heterocycles. The van der Waals surface area contributed by atoms with E-state index in [0.717, 1.165) is 5.56 Å². The van der Waals surface area contributed by atoms with Crippen molar-refractivity contribution in [1.82, 2.24) is 20.4 Å². The lowest BCUT2D eigenvalue weighted by Crippen LogP contribution is -2.47. The normalized spacial score (nSPS) is 11.6. The van der Waals surface area contributed by atoms with E-state index >= 15 is 0 Å². The van der Waals surface area contributed by atoms with E-state index in [1.807, 2.05) is 19.9 Å². The highest BCUT2D eigenvalue weighted by molar-refractivity contribution is 5.84. The van der Waals surface area contributed by atoms with Gasteiger partial charge in [0.2, 0.25) is 5.91 Å². The van der Waals surface area contributed by atoms with Crippen molar-refractivity contribution in [2.75, 3.05) is 6.61 Å². The molecule has 0 bridgehead atoms. The van der Waals surface area contributed by atoms with E-state index in [9.17, 15) is 14.4 Å². The second-order valence-corrected chi connectivity index (χ2v) is 7.17. The molecule has 0 spiro atoms. The number of carbonyl (C=O) groups excluding carboxylic acids is 2. The molecule has 9 heteroatoms. The second-order valence-electron chi connectivity index (χ2n) is 7.17. The minimum atomic E-state index is -0.830. The van der Waals surface area contributed by atoms with Crippen molar-refractivity contribution in [3.05, 3.63) is 64.7 Å². The van der Waals surface area contributed by atoms with Crippen LogP contribution in [0.3, 0.4) is 0 Å². The standard InChI is InChI=1S/C23H26N4O5/c1-4-31-17-8-10-18(11-9-17)32-16(3)22(29)26-25-20(28)12-13-27-14-24-21-15(2)6-5-7-19(21)23(27)30/h5-11,14,16H,4,12-13H2,1-3H3,(H,25,28)(H,26,29). The van der Waals surface area contributed by atoms with Gasteiger partial charge in [-0.05, 0) is 56.7 Å². The number of hydrazine groups is 1. The first-order chi connectivity index (χ1) is 15.4. The summed E-state index contributed by atoms with van der Waals surface area (Å²) in [5.41, 5.74) is 6.01. The van der Waals surface area contributed by atoms with Gasteiger partial charge in [0.05, 0.1) is 23.8 Å². The summed E-state index contributed by atoms with van der Waals surface area (Å²) in [7, 11) is 0. The summed E-state index contributed by atoms with van der Waals surface area (Å²) in [4.78, 5) is 41.2. The average Bonchev–Trinajstić information content (AvgIpc) is 2.79. The number of nitrogens with zero attached hydrogens (tertiary/aromatic N) is 2.